The van der Waals surface area contributed by atoms with Crippen molar-refractivity contribution in [2.75, 3.05) is 13.1 Å². The minimum absolute atomic E-state index is 0.610. The van der Waals surface area contributed by atoms with Crippen molar-refractivity contribution in [3.8, 4) is 9.88 Å². The van der Waals surface area contributed by atoms with Gasteiger partial charge < -0.3 is 5.32 Å². The second-order valence-electron chi connectivity index (χ2n) is 5.22. The Morgan fingerprint density at radius 3 is 3.05 bits per heavy atom. The summed E-state index contributed by atoms with van der Waals surface area (Å²) < 4.78 is 1.18. The first kappa shape index (κ1) is 14.7. The number of nitrogens with one attached hydrogen (secondary N) is 1. The normalized spacial score (nSPS) is 18.2. The fourth-order valence-electron chi connectivity index (χ4n) is 2.69. The number of aryl methyl sites for hydroxylation is 1. The van der Waals surface area contributed by atoms with Crippen molar-refractivity contribution in [1.29, 1.82) is 0 Å². The van der Waals surface area contributed by atoms with Crippen molar-refractivity contribution in [2.24, 2.45) is 0 Å². The van der Waals surface area contributed by atoms with Crippen LogP contribution in [0.4, 0.5) is 0 Å². The highest BCUT2D eigenvalue weighted by atomic mass is 79.9. The third kappa shape index (κ3) is 3.16. The topological polar surface area (TPSA) is 24.9 Å². The quantitative estimate of drug-likeness (QED) is 0.744. The molecule has 2 nitrogen and oxygen atoms in total. The Morgan fingerprint density at radius 1 is 1.40 bits per heavy atom. The van der Waals surface area contributed by atoms with Crippen molar-refractivity contribution in [2.45, 2.75) is 38.5 Å². The van der Waals surface area contributed by atoms with Gasteiger partial charge in [0.25, 0.3) is 0 Å². The van der Waals surface area contributed by atoms with E-state index in [-0.39, 0.29) is 0 Å². The molecule has 0 amide bonds. The number of aromatic nitrogens is 1. The van der Waals surface area contributed by atoms with Crippen molar-refractivity contribution in [3.63, 3.8) is 0 Å². The van der Waals surface area contributed by atoms with Gasteiger partial charge >= 0.3 is 0 Å². The van der Waals surface area contributed by atoms with Crippen LogP contribution in [-0.2, 0) is 6.42 Å². The largest absolute Gasteiger partial charge is 0.316 e. The third-order valence-electron chi connectivity index (χ3n) is 3.67. The standard InChI is InChI=1S/C15H19BrN2S2/c1-2-8-17-9-10-4-3-5-11-14(10)18-15(20-11)12-6-7-13(16)19-12/h6-7,10,17H,2-5,8-9H2,1H3. The molecule has 5 heteroatoms. The fraction of sp³-hybridized carbons (Fsp3) is 0.533. The number of hydrogen-bond donors (Lipinski definition) is 1. The molecule has 0 fully saturated rings. The molecule has 1 N–H and O–H groups in total. The molecule has 20 heavy (non-hydrogen) atoms. The van der Waals surface area contributed by atoms with Gasteiger partial charge in [0, 0.05) is 17.3 Å². The van der Waals surface area contributed by atoms with Crippen LogP contribution < -0.4 is 5.32 Å². The maximum atomic E-state index is 4.96. The summed E-state index contributed by atoms with van der Waals surface area (Å²) >= 11 is 7.21. The highest BCUT2D eigenvalue weighted by Gasteiger charge is 2.25. The first-order valence-corrected chi connectivity index (χ1v) is 9.66. The van der Waals surface area contributed by atoms with Crippen LogP contribution in [0.2, 0.25) is 0 Å². The molecule has 2 aromatic heterocycles. The van der Waals surface area contributed by atoms with Crippen LogP contribution in [0.15, 0.2) is 15.9 Å². The van der Waals surface area contributed by atoms with Gasteiger partial charge in [-0.15, -0.1) is 22.7 Å². The number of hydrogen-bond acceptors (Lipinski definition) is 4. The third-order valence-corrected chi connectivity index (χ3v) is 6.60. The first-order chi connectivity index (χ1) is 9.78. The zero-order valence-corrected chi connectivity index (χ0v) is 14.8. The van der Waals surface area contributed by atoms with E-state index in [0.29, 0.717) is 5.92 Å². The van der Waals surface area contributed by atoms with Crippen molar-refractivity contribution in [3.05, 3.63) is 26.5 Å². The average Bonchev–Trinajstić information content (AvgIpc) is 3.05. The van der Waals surface area contributed by atoms with Gasteiger partial charge in [0.1, 0.15) is 5.01 Å². The predicted molar refractivity (Wildman–Crippen MR) is 92.0 cm³/mol. The molecule has 0 aliphatic heterocycles. The minimum Gasteiger partial charge on any atom is -0.316 e. The lowest BCUT2D eigenvalue weighted by atomic mass is 9.91. The smallest absolute Gasteiger partial charge is 0.133 e. The van der Waals surface area contributed by atoms with E-state index in [4.69, 9.17) is 4.98 Å². The first-order valence-electron chi connectivity index (χ1n) is 7.24. The Kier molecular flexibility index (Phi) is 4.91. The Balaban J connectivity index is 1.81. The number of halogens is 1. The summed E-state index contributed by atoms with van der Waals surface area (Å²) in [7, 11) is 0. The number of fused-ring (bicyclic) bond motifs is 1. The van der Waals surface area contributed by atoms with Crippen LogP contribution in [0.3, 0.4) is 0 Å². The van der Waals surface area contributed by atoms with E-state index in [1.807, 2.05) is 11.3 Å². The minimum atomic E-state index is 0.610. The molecular formula is C15H19BrN2S2. The van der Waals surface area contributed by atoms with Gasteiger partial charge in [0.2, 0.25) is 0 Å². The van der Waals surface area contributed by atoms with Crippen molar-refractivity contribution in [1.82, 2.24) is 10.3 Å². The van der Waals surface area contributed by atoms with E-state index < -0.39 is 0 Å². The van der Waals surface area contributed by atoms with E-state index in [1.165, 1.54) is 49.9 Å². The molecule has 1 atom stereocenters. The van der Waals surface area contributed by atoms with E-state index in [0.717, 1.165) is 13.1 Å². The summed E-state index contributed by atoms with van der Waals surface area (Å²) in [4.78, 5) is 7.76. The lowest BCUT2D eigenvalue weighted by Gasteiger charge is -2.21. The summed E-state index contributed by atoms with van der Waals surface area (Å²) in [5.41, 5.74) is 1.37. The van der Waals surface area contributed by atoms with Crippen molar-refractivity contribution >= 4 is 38.6 Å². The lowest BCUT2D eigenvalue weighted by Crippen LogP contribution is -2.24. The van der Waals surface area contributed by atoms with Crippen LogP contribution in [0.25, 0.3) is 9.88 Å². The second kappa shape index (κ2) is 6.69. The van der Waals surface area contributed by atoms with Gasteiger partial charge in [-0.05, 0) is 60.3 Å². The molecule has 0 aromatic carbocycles. The molecule has 2 aromatic rings. The lowest BCUT2D eigenvalue weighted by molar-refractivity contribution is 0.502. The molecule has 108 valence electrons. The Hall–Kier alpha value is -0.230. The summed E-state index contributed by atoms with van der Waals surface area (Å²) in [6.07, 6.45) is 5.00. The van der Waals surface area contributed by atoms with Crippen LogP contribution in [-0.4, -0.2) is 18.1 Å². The van der Waals surface area contributed by atoms with E-state index in [2.05, 4.69) is 40.3 Å². The summed E-state index contributed by atoms with van der Waals surface area (Å²) in [6, 6.07) is 4.28. The second-order valence-corrected chi connectivity index (χ2v) is 8.77. The maximum absolute atomic E-state index is 4.96. The number of thiophene rings is 1. The summed E-state index contributed by atoms with van der Waals surface area (Å²) in [6.45, 7) is 4.41. The predicted octanol–water partition coefficient (Wildman–Crippen LogP) is 5.05. The van der Waals surface area contributed by atoms with Crippen LogP contribution in [0.1, 0.15) is 42.7 Å². The number of thiazole rings is 1. The van der Waals surface area contributed by atoms with Crippen LogP contribution in [0, 0.1) is 0 Å². The molecule has 1 aliphatic rings. The monoisotopic (exact) mass is 370 g/mol. The SMILES string of the molecule is CCCNCC1CCCc2sc(-c3ccc(Br)s3)nc21. The fourth-order valence-corrected chi connectivity index (χ4v) is 5.32. The van der Waals surface area contributed by atoms with Crippen LogP contribution >= 0.6 is 38.6 Å². The molecule has 0 radical (unpaired) electrons. The van der Waals surface area contributed by atoms with Gasteiger partial charge in [-0.2, -0.15) is 0 Å². The Labute approximate surface area is 136 Å². The average molecular weight is 371 g/mol. The highest BCUT2D eigenvalue weighted by molar-refractivity contribution is 9.11. The van der Waals surface area contributed by atoms with E-state index >= 15 is 0 Å². The summed E-state index contributed by atoms with van der Waals surface area (Å²) in [5.74, 6) is 0.610. The Bertz CT molecular complexity index is 576. The van der Waals surface area contributed by atoms with E-state index in [9.17, 15) is 0 Å². The molecule has 0 bridgehead atoms. The van der Waals surface area contributed by atoms with Gasteiger partial charge in [-0.3, -0.25) is 0 Å². The zero-order chi connectivity index (χ0) is 13.9. The molecule has 0 saturated heterocycles. The Morgan fingerprint density at radius 2 is 2.30 bits per heavy atom. The molecule has 3 rings (SSSR count). The van der Waals surface area contributed by atoms with E-state index in [1.54, 1.807) is 11.3 Å². The molecule has 0 saturated carbocycles. The number of nitrogens with zero attached hydrogens (tertiary/aromatic N) is 1. The van der Waals surface area contributed by atoms with Gasteiger partial charge in [-0.1, -0.05) is 6.92 Å². The maximum Gasteiger partial charge on any atom is 0.133 e. The zero-order valence-electron chi connectivity index (χ0n) is 11.6. The van der Waals surface area contributed by atoms with Crippen molar-refractivity contribution < 1.29 is 0 Å². The highest BCUT2D eigenvalue weighted by Crippen LogP contribution is 2.40. The molecular weight excluding hydrogens is 352 g/mol. The molecule has 1 aliphatic carbocycles. The molecule has 2 heterocycles. The van der Waals surface area contributed by atoms with Gasteiger partial charge in [0.05, 0.1) is 14.4 Å². The van der Waals surface area contributed by atoms with Gasteiger partial charge in [-0.25, -0.2) is 4.98 Å². The molecule has 1 unspecified atom stereocenters. The van der Waals surface area contributed by atoms with Gasteiger partial charge in [0.15, 0.2) is 0 Å². The van der Waals surface area contributed by atoms with Crippen LogP contribution in [0.5, 0.6) is 0 Å². The molecule has 0 spiro atoms. The summed E-state index contributed by atoms with van der Waals surface area (Å²) in [5, 5.41) is 4.76. The number of rotatable bonds is 5.